The Kier molecular flexibility index (Phi) is 4.46. The van der Waals surface area contributed by atoms with Gasteiger partial charge in [0, 0.05) is 19.0 Å². The van der Waals surface area contributed by atoms with Crippen LogP contribution in [0.3, 0.4) is 0 Å². The molecule has 2 aromatic rings. The van der Waals surface area contributed by atoms with Crippen LogP contribution in [0.25, 0.3) is 0 Å². The molecule has 0 N–H and O–H groups in total. The van der Waals surface area contributed by atoms with Gasteiger partial charge in [-0.3, -0.25) is 4.79 Å². The van der Waals surface area contributed by atoms with Gasteiger partial charge in [-0.25, -0.2) is 4.39 Å². The summed E-state index contributed by atoms with van der Waals surface area (Å²) in [5.74, 6) is 0.217. The van der Waals surface area contributed by atoms with Gasteiger partial charge in [0.15, 0.2) is 18.2 Å². The second-order valence-corrected chi connectivity index (χ2v) is 5.41. The Labute approximate surface area is 134 Å². The molecule has 3 rings (SSSR count). The van der Waals surface area contributed by atoms with Crippen molar-refractivity contribution in [3.05, 3.63) is 59.9 Å². The van der Waals surface area contributed by atoms with Gasteiger partial charge in [-0.15, -0.1) is 0 Å². The molecule has 1 unspecified atom stereocenters. The van der Waals surface area contributed by atoms with Crippen LogP contribution in [0.15, 0.2) is 48.5 Å². The molecule has 1 atom stereocenters. The van der Waals surface area contributed by atoms with E-state index >= 15 is 0 Å². The van der Waals surface area contributed by atoms with Gasteiger partial charge in [-0.05, 0) is 18.2 Å². The fourth-order valence-corrected chi connectivity index (χ4v) is 2.70. The molecule has 1 aliphatic rings. The standard InChI is InChI=1S/C18H18FNO3/c1-20(15-10-11-22-16-8-4-2-6-13(15)16)18(21)12-23-17-9-5-3-7-14(17)19/h2-9,15H,10-12H2,1H3. The summed E-state index contributed by atoms with van der Waals surface area (Å²) in [5.41, 5.74) is 0.987. The Balaban J connectivity index is 1.68. The number of amides is 1. The van der Waals surface area contributed by atoms with Gasteiger partial charge in [0.05, 0.1) is 12.6 Å². The maximum Gasteiger partial charge on any atom is 0.260 e. The van der Waals surface area contributed by atoms with E-state index < -0.39 is 5.82 Å². The van der Waals surface area contributed by atoms with E-state index in [1.807, 2.05) is 24.3 Å². The van der Waals surface area contributed by atoms with Crippen LogP contribution in [0.1, 0.15) is 18.0 Å². The van der Waals surface area contributed by atoms with Crippen LogP contribution in [0.5, 0.6) is 11.5 Å². The first kappa shape index (κ1) is 15.3. The molecular formula is C18H18FNO3. The third-order valence-electron chi connectivity index (χ3n) is 3.98. The summed E-state index contributed by atoms with van der Waals surface area (Å²) in [6, 6.07) is 13.7. The Morgan fingerprint density at radius 1 is 1.26 bits per heavy atom. The summed E-state index contributed by atoms with van der Waals surface area (Å²) in [4.78, 5) is 14.0. The van der Waals surface area contributed by atoms with Gasteiger partial charge in [0.25, 0.3) is 5.91 Å². The van der Waals surface area contributed by atoms with Gasteiger partial charge in [-0.2, -0.15) is 0 Å². The minimum absolute atomic E-state index is 0.0586. The molecular weight excluding hydrogens is 297 g/mol. The van der Waals surface area contributed by atoms with Gasteiger partial charge in [0.2, 0.25) is 0 Å². The summed E-state index contributed by atoms with van der Waals surface area (Å²) < 4.78 is 24.4. The lowest BCUT2D eigenvalue weighted by atomic mass is 9.99. The van der Waals surface area contributed by atoms with Crippen LogP contribution >= 0.6 is 0 Å². The number of nitrogens with zero attached hydrogens (tertiary/aromatic N) is 1. The highest BCUT2D eigenvalue weighted by atomic mass is 19.1. The number of rotatable bonds is 4. The van der Waals surface area contributed by atoms with E-state index in [1.165, 1.54) is 12.1 Å². The summed E-state index contributed by atoms with van der Waals surface area (Å²) in [5, 5.41) is 0. The largest absolute Gasteiger partial charge is 0.493 e. The maximum atomic E-state index is 13.5. The summed E-state index contributed by atoms with van der Waals surface area (Å²) >= 11 is 0. The number of hydrogen-bond donors (Lipinski definition) is 0. The Bertz CT molecular complexity index is 704. The number of carbonyl (C=O) groups is 1. The quantitative estimate of drug-likeness (QED) is 0.870. The van der Waals surface area contributed by atoms with E-state index in [0.717, 1.165) is 17.7 Å². The number of carbonyl (C=O) groups excluding carboxylic acids is 1. The molecule has 4 nitrogen and oxygen atoms in total. The smallest absolute Gasteiger partial charge is 0.260 e. The zero-order valence-electron chi connectivity index (χ0n) is 12.9. The third-order valence-corrected chi connectivity index (χ3v) is 3.98. The van der Waals surface area contributed by atoms with Crippen LogP contribution < -0.4 is 9.47 Å². The molecule has 0 radical (unpaired) electrons. The summed E-state index contributed by atoms with van der Waals surface area (Å²) in [7, 11) is 1.74. The molecule has 1 amide bonds. The van der Waals surface area contributed by atoms with E-state index in [-0.39, 0.29) is 24.3 Å². The van der Waals surface area contributed by atoms with Gasteiger partial charge in [-0.1, -0.05) is 30.3 Å². The molecule has 120 valence electrons. The van der Waals surface area contributed by atoms with E-state index in [0.29, 0.717) is 6.61 Å². The second kappa shape index (κ2) is 6.69. The fraction of sp³-hybridized carbons (Fsp3) is 0.278. The van der Waals surface area contributed by atoms with Crippen LogP contribution in [-0.4, -0.2) is 31.1 Å². The van der Waals surface area contributed by atoms with Crippen molar-refractivity contribution in [3.8, 4) is 11.5 Å². The van der Waals surface area contributed by atoms with Crippen molar-refractivity contribution in [2.45, 2.75) is 12.5 Å². The molecule has 0 saturated carbocycles. The topological polar surface area (TPSA) is 38.8 Å². The number of likely N-dealkylation sites (N-methyl/N-ethyl adjacent to an activating group) is 1. The molecule has 0 bridgehead atoms. The van der Waals surface area contributed by atoms with Gasteiger partial charge >= 0.3 is 0 Å². The van der Waals surface area contributed by atoms with E-state index in [9.17, 15) is 9.18 Å². The molecule has 2 aromatic carbocycles. The molecule has 0 spiro atoms. The minimum Gasteiger partial charge on any atom is -0.493 e. The minimum atomic E-state index is -0.473. The lowest BCUT2D eigenvalue weighted by Gasteiger charge is -2.33. The average Bonchev–Trinajstić information content (AvgIpc) is 2.59. The first-order valence-corrected chi connectivity index (χ1v) is 7.51. The van der Waals surface area contributed by atoms with Crippen LogP contribution in [-0.2, 0) is 4.79 Å². The lowest BCUT2D eigenvalue weighted by molar-refractivity contribution is -0.134. The van der Waals surface area contributed by atoms with E-state index in [4.69, 9.17) is 9.47 Å². The van der Waals surface area contributed by atoms with Crippen molar-refractivity contribution in [3.63, 3.8) is 0 Å². The molecule has 0 saturated heterocycles. The molecule has 0 fully saturated rings. The number of halogens is 1. The number of ether oxygens (including phenoxy) is 2. The number of fused-ring (bicyclic) bond motifs is 1. The van der Waals surface area contributed by atoms with Crippen LogP contribution in [0.4, 0.5) is 4.39 Å². The van der Waals surface area contributed by atoms with Crippen LogP contribution in [0.2, 0.25) is 0 Å². The molecule has 5 heteroatoms. The Hall–Kier alpha value is -2.56. The highest BCUT2D eigenvalue weighted by Crippen LogP contribution is 2.35. The predicted octanol–water partition coefficient (Wildman–Crippen LogP) is 3.19. The van der Waals surface area contributed by atoms with Crippen molar-refractivity contribution in [2.24, 2.45) is 0 Å². The summed E-state index contributed by atoms with van der Waals surface area (Å²) in [6.07, 6.45) is 0.721. The van der Waals surface area contributed by atoms with Crippen molar-refractivity contribution < 1.29 is 18.7 Å². The third kappa shape index (κ3) is 3.28. The zero-order chi connectivity index (χ0) is 16.2. The van der Waals surface area contributed by atoms with Gasteiger partial charge in [0.1, 0.15) is 5.75 Å². The first-order chi connectivity index (χ1) is 11.2. The number of hydrogen-bond acceptors (Lipinski definition) is 3. The molecule has 0 aliphatic carbocycles. The SMILES string of the molecule is CN(C(=O)COc1ccccc1F)C1CCOc2ccccc21. The molecule has 1 heterocycles. The maximum absolute atomic E-state index is 13.5. The highest BCUT2D eigenvalue weighted by Gasteiger charge is 2.27. The van der Waals surface area contributed by atoms with Crippen LogP contribution in [0, 0.1) is 5.82 Å². The predicted molar refractivity (Wildman–Crippen MR) is 84.0 cm³/mol. The monoisotopic (exact) mass is 315 g/mol. The first-order valence-electron chi connectivity index (χ1n) is 7.51. The summed E-state index contributed by atoms with van der Waals surface area (Å²) in [6.45, 7) is 0.366. The number of para-hydroxylation sites is 2. The molecule has 1 aliphatic heterocycles. The molecule has 0 aromatic heterocycles. The number of benzene rings is 2. The van der Waals surface area contributed by atoms with Crippen molar-refractivity contribution in [2.75, 3.05) is 20.3 Å². The van der Waals surface area contributed by atoms with Crippen molar-refractivity contribution in [1.29, 1.82) is 0 Å². The Morgan fingerprint density at radius 2 is 2.00 bits per heavy atom. The van der Waals surface area contributed by atoms with Crippen molar-refractivity contribution >= 4 is 5.91 Å². The average molecular weight is 315 g/mol. The zero-order valence-corrected chi connectivity index (χ0v) is 12.9. The van der Waals surface area contributed by atoms with Gasteiger partial charge < -0.3 is 14.4 Å². The van der Waals surface area contributed by atoms with E-state index in [1.54, 1.807) is 24.1 Å². The Morgan fingerprint density at radius 3 is 2.83 bits per heavy atom. The lowest BCUT2D eigenvalue weighted by Crippen LogP contribution is -2.37. The van der Waals surface area contributed by atoms with Crippen molar-refractivity contribution in [1.82, 2.24) is 4.90 Å². The fourth-order valence-electron chi connectivity index (χ4n) is 2.70. The second-order valence-electron chi connectivity index (χ2n) is 5.41. The molecule has 23 heavy (non-hydrogen) atoms. The highest BCUT2D eigenvalue weighted by molar-refractivity contribution is 5.78. The normalized spacial score (nSPS) is 16.2. The van der Waals surface area contributed by atoms with E-state index in [2.05, 4.69) is 0 Å².